The highest BCUT2D eigenvalue weighted by Crippen LogP contribution is 2.26. The maximum atomic E-state index is 13.2. The van der Waals surface area contributed by atoms with Crippen molar-refractivity contribution in [1.82, 2.24) is 14.1 Å². The zero-order chi connectivity index (χ0) is 21.9. The van der Waals surface area contributed by atoms with Gasteiger partial charge in [-0.2, -0.15) is 4.31 Å². The molecule has 0 unspecified atom stereocenters. The van der Waals surface area contributed by atoms with E-state index in [1.807, 2.05) is 68.1 Å². The minimum atomic E-state index is -3.54. The molecule has 162 valence electrons. The first-order valence-electron chi connectivity index (χ1n) is 10.3. The molecule has 0 spiro atoms. The number of likely N-dealkylation sites (N-methyl/N-ethyl adjacent to an activating group) is 1. The van der Waals surface area contributed by atoms with E-state index in [9.17, 15) is 13.2 Å². The Balaban J connectivity index is 1.59. The van der Waals surface area contributed by atoms with Crippen LogP contribution in [0.25, 0.3) is 0 Å². The normalized spacial score (nSPS) is 15.9. The number of rotatable bonds is 6. The summed E-state index contributed by atoms with van der Waals surface area (Å²) in [5, 5.41) is 0. The number of benzene rings is 2. The van der Waals surface area contributed by atoms with Gasteiger partial charge in [-0.05, 0) is 37.5 Å². The van der Waals surface area contributed by atoms with Crippen LogP contribution in [0.15, 0.2) is 47.4 Å². The standard InChI is InChI=1S/C23H31N3O3S/c1-18-14-19(2)23(20(3)15-18)30(28,29)26-12-10-25(11-13-26)17-22(27)24(4)16-21-8-6-5-7-9-21/h5-9,14-15H,10-13,16-17H2,1-4H3. The molecule has 2 aromatic rings. The molecule has 0 N–H and O–H groups in total. The third-order valence-electron chi connectivity index (χ3n) is 5.58. The van der Waals surface area contributed by atoms with Crippen molar-refractivity contribution in [3.8, 4) is 0 Å². The molecule has 0 atom stereocenters. The van der Waals surface area contributed by atoms with Gasteiger partial charge in [0.2, 0.25) is 15.9 Å². The van der Waals surface area contributed by atoms with Gasteiger partial charge < -0.3 is 4.90 Å². The second kappa shape index (κ2) is 9.29. The summed E-state index contributed by atoms with van der Waals surface area (Å²) in [6.45, 7) is 8.44. The largest absolute Gasteiger partial charge is 0.340 e. The van der Waals surface area contributed by atoms with Crippen molar-refractivity contribution in [3.05, 3.63) is 64.7 Å². The highest BCUT2D eigenvalue weighted by molar-refractivity contribution is 7.89. The Morgan fingerprint density at radius 2 is 1.53 bits per heavy atom. The van der Waals surface area contributed by atoms with Crippen molar-refractivity contribution in [2.45, 2.75) is 32.2 Å². The molecule has 7 heteroatoms. The lowest BCUT2D eigenvalue weighted by atomic mass is 10.1. The first kappa shape index (κ1) is 22.5. The van der Waals surface area contributed by atoms with Crippen LogP contribution in [-0.4, -0.2) is 68.2 Å². The van der Waals surface area contributed by atoms with Crippen molar-refractivity contribution in [2.75, 3.05) is 39.8 Å². The molecule has 0 saturated carbocycles. The predicted octanol–water partition coefficient (Wildman–Crippen LogP) is 2.58. The highest BCUT2D eigenvalue weighted by Gasteiger charge is 2.31. The maximum Gasteiger partial charge on any atom is 0.243 e. The Hall–Kier alpha value is -2.22. The Morgan fingerprint density at radius 1 is 0.967 bits per heavy atom. The van der Waals surface area contributed by atoms with Crippen LogP contribution in [0.5, 0.6) is 0 Å². The van der Waals surface area contributed by atoms with Gasteiger partial charge in [-0.3, -0.25) is 9.69 Å². The van der Waals surface area contributed by atoms with Crippen LogP contribution < -0.4 is 0 Å². The van der Waals surface area contributed by atoms with Crippen molar-refractivity contribution in [1.29, 1.82) is 0 Å². The Kier molecular flexibility index (Phi) is 6.95. The Bertz CT molecular complexity index is 975. The van der Waals surface area contributed by atoms with Gasteiger partial charge in [-0.15, -0.1) is 0 Å². The molecule has 1 amide bonds. The maximum absolute atomic E-state index is 13.2. The van der Waals surface area contributed by atoms with Crippen molar-refractivity contribution in [3.63, 3.8) is 0 Å². The highest BCUT2D eigenvalue weighted by atomic mass is 32.2. The summed E-state index contributed by atoms with van der Waals surface area (Å²) < 4.78 is 28.0. The van der Waals surface area contributed by atoms with Crippen LogP contribution in [0.4, 0.5) is 0 Å². The number of hydrogen-bond donors (Lipinski definition) is 0. The molecular formula is C23H31N3O3S. The number of amides is 1. The van der Waals surface area contributed by atoms with Crippen LogP contribution in [0.1, 0.15) is 22.3 Å². The van der Waals surface area contributed by atoms with Gasteiger partial charge >= 0.3 is 0 Å². The number of aryl methyl sites for hydroxylation is 3. The van der Waals surface area contributed by atoms with Gasteiger partial charge in [0.25, 0.3) is 0 Å². The van der Waals surface area contributed by atoms with E-state index in [0.717, 1.165) is 22.3 Å². The number of carbonyl (C=O) groups is 1. The summed E-state index contributed by atoms with van der Waals surface area (Å²) in [7, 11) is -1.73. The summed E-state index contributed by atoms with van der Waals surface area (Å²) in [6, 6.07) is 13.7. The second-order valence-corrected chi connectivity index (χ2v) is 10.0. The van der Waals surface area contributed by atoms with Crippen LogP contribution in [-0.2, 0) is 21.4 Å². The van der Waals surface area contributed by atoms with Gasteiger partial charge in [-0.25, -0.2) is 8.42 Å². The Morgan fingerprint density at radius 3 is 2.10 bits per heavy atom. The topological polar surface area (TPSA) is 60.9 Å². The monoisotopic (exact) mass is 429 g/mol. The summed E-state index contributed by atoms with van der Waals surface area (Å²) in [5.41, 5.74) is 3.72. The van der Waals surface area contributed by atoms with E-state index in [4.69, 9.17) is 0 Å². The van der Waals surface area contributed by atoms with E-state index >= 15 is 0 Å². The van der Waals surface area contributed by atoms with Crippen molar-refractivity contribution < 1.29 is 13.2 Å². The van der Waals surface area contributed by atoms with E-state index < -0.39 is 10.0 Å². The number of hydrogen-bond acceptors (Lipinski definition) is 4. The molecule has 6 nitrogen and oxygen atoms in total. The average Bonchev–Trinajstić information content (AvgIpc) is 2.68. The third kappa shape index (κ3) is 5.09. The lowest BCUT2D eigenvalue weighted by Gasteiger charge is -2.34. The van der Waals surface area contributed by atoms with Gasteiger partial charge in [0.05, 0.1) is 11.4 Å². The van der Waals surface area contributed by atoms with Crippen molar-refractivity contribution >= 4 is 15.9 Å². The van der Waals surface area contributed by atoms with Gasteiger partial charge in [0, 0.05) is 39.8 Å². The lowest BCUT2D eigenvalue weighted by molar-refractivity contribution is -0.131. The summed E-state index contributed by atoms with van der Waals surface area (Å²) in [4.78, 5) is 16.8. The van der Waals surface area contributed by atoms with Gasteiger partial charge in [0.1, 0.15) is 0 Å². The molecule has 2 aromatic carbocycles. The molecule has 1 fully saturated rings. The summed E-state index contributed by atoms with van der Waals surface area (Å²) in [5.74, 6) is 0.0420. The molecule has 0 aliphatic carbocycles. The smallest absolute Gasteiger partial charge is 0.243 e. The van der Waals surface area contributed by atoms with Gasteiger partial charge in [-0.1, -0.05) is 48.0 Å². The third-order valence-corrected chi connectivity index (χ3v) is 7.79. The van der Waals surface area contributed by atoms with E-state index in [1.54, 1.807) is 16.3 Å². The molecule has 0 bridgehead atoms. The fraction of sp³-hybridized carbons (Fsp3) is 0.435. The molecule has 30 heavy (non-hydrogen) atoms. The van der Waals surface area contributed by atoms with Crippen LogP contribution in [0, 0.1) is 20.8 Å². The van der Waals surface area contributed by atoms with E-state index in [0.29, 0.717) is 44.2 Å². The SMILES string of the molecule is Cc1cc(C)c(S(=O)(=O)N2CCN(CC(=O)N(C)Cc3ccccc3)CC2)c(C)c1. The number of sulfonamides is 1. The zero-order valence-electron chi connectivity index (χ0n) is 18.3. The predicted molar refractivity (Wildman–Crippen MR) is 119 cm³/mol. The number of carbonyl (C=O) groups excluding carboxylic acids is 1. The molecule has 0 radical (unpaired) electrons. The molecule has 1 aliphatic rings. The van der Waals surface area contributed by atoms with E-state index in [2.05, 4.69) is 0 Å². The summed E-state index contributed by atoms with van der Waals surface area (Å²) in [6.07, 6.45) is 0. The van der Waals surface area contributed by atoms with Crippen LogP contribution in [0.3, 0.4) is 0 Å². The minimum Gasteiger partial charge on any atom is -0.340 e. The van der Waals surface area contributed by atoms with Crippen molar-refractivity contribution in [2.24, 2.45) is 0 Å². The first-order chi connectivity index (χ1) is 14.2. The lowest BCUT2D eigenvalue weighted by Crippen LogP contribution is -2.51. The van der Waals surface area contributed by atoms with Crippen LogP contribution >= 0.6 is 0 Å². The molecule has 1 heterocycles. The average molecular weight is 430 g/mol. The minimum absolute atomic E-state index is 0.0420. The second-order valence-electron chi connectivity index (χ2n) is 8.14. The quantitative estimate of drug-likeness (QED) is 0.708. The van der Waals surface area contributed by atoms with Gasteiger partial charge in [0.15, 0.2) is 0 Å². The molecule has 3 rings (SSSR count). The summed E-state index contributed by atoms with van der Waals surface area (Å²) >= 11 is 0. The number of piperazine rings is 1. The zero-order valence-corrected chi connectivity index (χ0v) is 19.1. The fourth-order valence-electron chi connectivity index (χ4n) is 4.09. The molecule has 0 aromatic heterocycles. The van der Waals surface area contributed by atoms with Crippen LogP contribution in [0.2, 0.25) is 0 Å². The number of nitrogens with zero attached hydrogens (tertiary/aromatic N) is 3. The van der Waals surface area contributed by atoms with E-state index in [-0.39, 0.29) is 5.91 Å². The first-order valence-corrected chi connectivity index (χ1v) is 11.7. The molecule has 1 aliphatic heterocycles. The fourth-order valence-corrected chi connectivity index (χ4v) is 5.92. The molecule has 1 saturated heterocycles. The molecular weight excluding hydrogens is 398 g/mol. The Labute approximate surface area is 180 Å². The van der Waals surface area contributed by atoms with E-state index in [1.165, 1.54) is 0 Å².